The molecular weight excluding hydrogens is 250 g/mol. The van der Waals surface area contributed by atoms with Crippen molar-refractivity contribution in [3.63, 3.8) is 0 Å². The lowest BCUT2D eigenvalue weighted by Crippen LogP contribution is -2.48. The number of carboxylic acids is 1. The van der Waals surface area contributed by atoms with E-state index in [0.717, 1.165) is 16.5 Å². The number of hydrogen-bond acceptors (Lipinski definition) is 3. The Morgan fingerprint density at radius 3 is 2.68 bits per heavy atom. The van der Waals surface area contributed by atoms with Gasteiger partial charge in [0.05, 0.1) is 0 Å². The maximum Gasteiger partial charge on any atom is 0.419 e. The average Bonchev–Trinajstić information content (AvgIpc) is 2.77. The quantitative estimate of drug-likeness (QED) is 0.515. The van der Waals surface area contributed by atoms with Gasteiger partial charge in [-0.2, -0.15) is 0 Å². The van der Waals surface area contributed by atoms with Crippen LogP contribution in [0.4, 0.5) is 4.79 Å². The number of carbonyl (C=O) groups is 2. The number of aromatic amines is 1. The molecule has 1 atom stereocenters. The highest BCUT2D eigenvalue weighted by Crippen LogP contribution is 2.18. The van der Waals surface area contributed by atoms with Gasteiger partial charge in [0.1, 0.15) is 6.04 Å². The van der Waals surface area contributed by atoms with Crippen LogP contribution in [0.25, 0.3) is 10.9 Å². The van der Waals surface area contributed by atoms with Crippen LogP contribution in [0.5, 0.6) is 0 Å². The maximum absolute atomic E-state index is 11.1. The van der Waals surface area contributed by atoms with E-state index in [-0.39, 0.29) is 6.42 Å². The number of fused-ring (bicyclic) bond motifs is 1. The first-order valence-corrected chi connectivity index (χ1v) is 5.60. The van der Waals surface area contributed by atoms with Gasteiger partial charge < -0.3 is 15.2 Å². The van der Waals surface area contributed by atoms with Gasteiger partial charge in [-0.3, -0.25) is 10.2 Å². The first-order valence-electron chi connectivity index (χ1n) is 5.60. The standard InChI is InChI=1S/C12H13N3O4/c16-11(17)10(14-15-12(18)19)5-7-6-13-9-4-2-1-3-8(7)9/h1-4,6,10,13-15H,5H2,(H,16,17)(H,18,19)/t10-/m0/s1. The zero-order valence-corrected chi connectivity index (χ0v) is 9.88. The number of hydrazine groups is 1. The zero-order chi connectivity index (χ0) is 13.8. The van der Waals surface area contributed by atoms with Crippen LogP contribution < -0.4 is 10.9 Å². The SMILES string of the molecule is O=C(O)NN[C@@H](Cc1c[nH]c2ccccc12)C(=O)O. The molecule has 0 spiro atoms. The van der Waals surface area contributed by atoms with Crippen LogP contribution in [0.1, 0.15) is 5.56 Å². The molecule has 1 aromatic heterocycles. The second-order valence-corrected chi connectivity index (χ2v) is 4.03. The van der Waals surface area contributed by atoms with E-state index in [1.54, 1.807) is 6.20 Å². The van der Waals surface area contributed by atoms with Gasteiger partial charge in [0.2, 0.25) is 0 Å². The van der Waals surface area contributed by atoms with E-state index in [1.807, 2.05) is 29.7 Å². The first kappa shape index (κ1) is 12.9. The third-order valence-corrected chi connectivity index (χ3v) is 2.75. The summed E-state index contributed by atoms with van der Waals surface area (Å²) in [6.07, 6.45) is 0.563. The molecule has 0 saturated heterocycles. The molecule has 0 radical (unpaired) electrons. The number of amides is 1. The predicted octanol–water partition coefficient (Wildman–Crippen LogP) is 0.936. The molecule has 19 heavy (non-hydrogen) atoms. The molecule has 1 amide bonds. The molecule has 2 rings (SSSR count). The predicted molar refractivity (Wildman–Crippen MR) is 67.7 cm³/mol. The Bertz CT molecular complexity index is 608. The van der Waals surface area contributed by atoms with Gasteiger partial charge in [-0.15, -0.1) is 0 Å². The topological polar surface area (TPSA) is 114 Å². The molecule has 0 fully saturated rings. The highest BCUT2D eigenvalue weighted by Gasteiger charge is 2.19. The summed E-state index contributed by atoms with van der Waals surface area (Å²) in [4.78, 5) is 24.5. The molecule has 0 aliphatic rings. The largest absolute Gasteiger partial charge is 0.480 e. The number of para-hydroxylation sites is 1. The van der Waals surface area contributed by atoms with Gasteiger partial charge in [-0.05, 0) is 11.6 Å². The van der Waals surface area contributed by atoms with Crippen LogP contribution in [0, 0.1) is 0 Å². The van der Waals surface area contributed by atoms with E-state index in [2.05, 4.69) is 10.4 Å². The van der Waals surface area contributed by atoms with Gasteiger partial charge in [-0.25, -0.2) is 10.2 Å². The number of rotatable bonds is 5. The third kappa shape index (κ3) is 3.02. The highest BCUT2D eigenvalue weighted by atomic mass is 16.4. The van der Waals surface area contributed by atoms with Crippen molar-refractivity contribution >= 4 is 23.0 Å². The van der Waals surface area contributed by atoms with Crippen molar-refractivity contribution in [2.24, 2.45) is 0 Å². The van der Waals surface area contributed by atoms with E-state index < -0.39 is 18.1 Å². The molecule has 100 valence electrons. The monoisotopic (exact) mass is 263 g/mol. The number of hydrogen-bond donors (Lipinski definition) is 5. The smallest absolute Gasteiger partial charge is 0.419 e. The Labute approximate surface area is 108 Å². The van der Waals surface area contributed by atoms with Crippen molar-refractivity contribution in [3.05, 3.63) is 36.0 Å². The van der Waals surface area contributed by atoms with E-state index in [0.29, 0.717) is 0 Å². The first-order chi connectivity index (χ1) is 9.08. The molecule has 7 nitrogen and oxygen atoms in total. The molecule has 0 aliphatic heterocycles. The lowest BCUT2D eigenvalue weighted by molar-refractivity contribution is -0.139. The number of nitrogens with one attached hydrogen (secondary N) is 3. The summed E-state index contributed by atoms with van der Waals surface area (Å²) >= 11 is 0. The lowest BCUT2D eigenvalue weighted by Gasteiger charge is -2.13. The Kier molecular flexibility index (Phi) is 3.67. The van der Waals surface area contributed by atoms with E-state index in [1.165, 1.54) is 0 Å². The van der Waals surface area contributed by atoms with Gasteiger partial charge in [-0.1, -0.05) is 18.2 Å². The molecule has 0 aliphatic carbocycles. The third-order valence-electron chi connectivity index (χ3n) is 2.75. The summed E-state index contributed by atoms with van der Waals surface area (Å²) in [5.41, 5.74) is 5.84. The molecule has 1 aromatic carbocycles. The van der Waals surface area contributed by atoms with Crippen LogP contribution in [0.3, 0.4) is 0 Å². The number of aliphatic carboxylic acids is 1. The van der Waals surface area contributed by atoms with Crippen molar-refractivity contribution in [1.29, 1.82) is 0 Å². The van der Waals surface area contributed by atoms with E-state index in [4.69, 9.17) is 10.2 Å². The number of H-pyrrole nitrogens is 1. The molecule has 0 saturated carbocycles. The van der Waals surface area contributed by atoms with E-state index >= 15 is 0 Å². The average molecular weight is 263 g/mol. The fourth-order valence-electron chi connectivity index (χ4n) is 1.87. The van der Waals surface area contributed by atoms with Gasteiger partial charge >= 0.3 is 12.1 Å². The minimum Gasteiger partial charge on any atom is -0.480 e. The van der Waals surface area contributed by atoms with Crippen molar-refractivity contribution in [3.8, 4) is 0 Å². The minimum absolute atomic E-state index is 0.166. The second kappa shape index (κ2) is 5.40. The Morgan fingerprint density at radius 2 is 2.00 bits per heavy atom. The van der Waals surface area contributed by atoms with Crippen LogP contribution in [-0.2, 0) is 11.2 Å². The minimum atomic E-state index is -1.33. The maximum atomic E-state index is 11.1. The van der Waals surface area contributed by atoms with Crippen LogP contribution in [0.2, 0.25) is 0 Å². The van der Waals surface area contributed by atoms with Crippen molar-refractivity contribution < 1.29 is 19.8 Å². The van der Waals surface area contributed by atoms with Gasteiger partial charge in [0, 0.05) is 23.5 Å². The number of aromatic nitrogens is 1. The van der Waals surface area contributed by atoms with Gasteiger partial charge in [0.15, 0.2) is 0 Å². The Hall–Kier alpha value is -2.54. The van der Waals surface area contributed by atoms with Crippen molar-refractivity contribution in [2.75, 3.05) is 0 Å². The van der Waals surface area contributed by atoms with Crippen molar-refractivity contribution in [2.45, 2.75) is 12.5 Å². The molecule has 2 aromatic rings. The van der Waals surface area contributed by atoms with Crippen molar-refractivity contribution in [1.82, 2.24) is 15.8 Å². The van der Waals surface area contributed by atoms with E-state index in [9.17, 15) is 9.59 Å². The zero-order valence-electron chi connectivity index (χ0n) is 9.88. The Balaban J connectivity index is 2.16. The van der Waals surface area contributed by atoms with Crippen LogP contribution in [0.15, 0.2) is 30.5 Å². The molecule has 7 heteroatoms. The highest BCUT2D eigenvalue weighted by molar-refractivity contribution is 5.84. The normalized spacial score (nSPS) is 12.2. The van der Waals surface area contributed by atoms with Gasteiger partial charge in [0.25, 0.3) is 0 Å². The molecule has 5 N–H and O–H groups in total. The summed E-state index contributed by atoms with van der Waals surface area (Å²) in [5, 5.41) is 18.4. The molecule has 1 heterocycles. The Morgan fingerprint density at radius 1 is 1.26 bits per heavy atom. The fraction of sp³-hybridized carbons (Fsp3) is 0.167. The molecular formula is C12H13N3O4. The summed E-state index contributed by atoms with van der Waals surface area (Å²) in [6, 6.07) is 6.47. The summed E-state index contributed by atoms with van der Waals surface area (Å²) in [7, 11) is 0. The summed E-state index contributed by atoms with van der Waals surface area (Å²) in [6.45, 7) is 0. The fourth-order valence-corrected chi connectivity index (χ4v) is 1.87. The summed E-state index contributed by atoms with van der Waals surface area (Å²) in [5.74, 6) is -1.13. The molecule has 0 unspecified atom stereocenters. The van der Waals surface area contributed by atoms with Crippen LogP contribution >= 0.6 is 0 Å². The second-order valence-electron chi connectivity index (χ2n) is 4.03. The molecule has 0 bridgehead atoms. The lowest BCUT2D eigenvalue weighted by atomic mass is 10.1. The summed E-state index contributed by atoms with van der Waals surface area (Å²) < 4.78 is 0. The number of carboxylic acid groups (broad SMARTS) is 2. The number of benzene rings is 1. The van der Waals surface area contributed by atoms with Crippen LogP contribution in [-0.4, -0.2) is 33.3 Å².